The SMILES string of the molecule is CNC1CCC(C(C)(C)C)CC1Cc1ccccc1. The first kappa shape index (κ1) is 14.6. The largest absolute Gasteiger partial charge is 0.317 e. The molecule has 1 aliphatic rings. The lowest BCUT2D eigenvalue weighted by atomic mass is 9.66. The Hall–Kier alpha value is -0.820. The van der Waals surface area contributed by atoms with E-state index in [4.69, 9.17) is 0 Å². The van der Waals surface area contributed by atoms with E-state index in [2.05, 4.69) is 63.5 Å². The van der Waals surface area contributed by atoms with Crippen LogP contribution in [0.4, 0.5) is 0 Å². The van der Waals surface area contributed by atoms with Crippen molar-refractivity contribution >= 4 is 0 Å². The maximum Gasteiger partial charge on any atom is 0.00957 e. The molecule has 1 aliphatic carbocycles. The molecule has 1 nitrogen and oxygen atoms in total. The first-order chi connectivity index (χ1) is 9.00. The second-order valence-corrected chi connectivity index (χ2v) is 7.22. The average molecular weight is 259 g/mol. The third-order valence-electron chi connectivity index (χ3n) is 4.92. The van der Waals surface area contributed by atoms with Crippen molar-refractivity contribution in [3.05, 3.63) is 35.9 Å². The topological polar surface area (TPSA) is 12.0 Å². The van der Waals surface area contributed by atoms with Gasteiger partial charge in [-0.1, -0.05) is 51.1 Å². The first-order valence-electron chi connectivity index (χ1n) is 7.72. The van der Waals surface area contributed by atoms with Gasteiger partial charge in [-0.2, -0.15) is 0 Å². The summed E-state index contributed by atoms with van der Waals surface area (Å²) >= 11 is 0. The molecule has 0 radical (unpaired) electrons. The van der Waals surface area contributed by atoms with Gasteiger partial charge in [-0.3, -0.25) is 0 Å². The van der Waals surface area contributed by atoms with Gasteiger partial charge in [0.1, 0.15) is 0 Å². The van der Waals surface area contributed by atoms with Gasteiger partial charge in [0, 0.05) is 6.04 Å². The van der Waals surface area contributed by atoms with E-state index in [0.717, 1.165) is 11.8 Å². The second-order valence-electron chi connectivity index (χ2n) is 7.22. The molecule has 1 fully saturated rings. The van der Waals surface area contributed by atoms with Crippen molar-refractivity contribution in [1.82, 2.24) is 5.32 Å². The highest BCUT2D eigenvalue weighted by molar-refractivity contribution is 5.16. The lowest BCUT2D eigenvalue weighted by Crippen LogP contribution is -2.42. The Kier molecular flexibility index (Phi) is 4.67. The number of rotatable bonds is 3. The zero-order valence-electron chi connectivity index (χ0n) is 12.9. The monoisotopic (exact) mass is 259 g/mol. The maximum atomic E-state index is 3.55. The van der Waals surface area contributed by atoms with Crippen LogP contribution in [0.5, 0.6) is 0 Å². The van der Waals surface area contributed by atoms with Gasteiger partial charge in [-0.25, -0.2) is 0 Å². The van der Waals surface area contributed by atoms with Crippen molar-refractivity contribution in [1.29, 1.82) is 0 Å². The molecule has 0 saturated heterocycles. The minimum atomic E-state index is 0.452. The Bertz CT molecular complexity index is 376. The van der Waals surface area contributed by atoms with Crippen molar-refractivity contribution in [3.8, 4) is 0 Å². The van der Waals surface area contributed by atoms with Crippen LogP contribution in [0.25, 0.3) is 0 Å². The van der Waals surface area contributed by atoms with Crippen LogP contribution < -0.4 is 5.32 Å². The molecule has 1 aromatic rings. The molecule has 1 N–H and O–H groups in total. The molecule has 0 aromatic heterocycles. The maximum absolute atomic E-state index is 3.55. The van der Waals surface area contributed by atoms with Gasteiger partial charge >= 0.3 is 0 Å². The van der Waals surface area contributed by atoms with E-state index in [1.807, 2.05) is 0 Å². The highest BCUT2D eigenvalue weighted by Gasteiger charge is 2.35. The van der Waals surface area contributed by atoms with E-state index < -0.39 is 0 Å². The van der Waals surface area contributed by atoms with E-state index in [1.54, 1.807) is 0 Å². The van der Waals surface area contributed by atoms with Gasteiger partial charge < -0.3 is 5.32 Å². The van der Waals surface area contributed by atoms with Crippen molar-refractivity contribution in [2.24, 2.45) is 17.3 Å². The van der Waals surface area contributed by atoms with Crippen molar-refractivity contribution in [2.75, 3.05) is 7.05 Å². The Balaban J connectivity index is 2.06. The number of hydrogen-bond donors (Lipinski definition) is 1. The third kappa shape index (κ3) is 3.82. The van der Waals surface area contributed by atoms with Gasteiger partial charge in [0.05, 0.1) is 0 Å². The predicted octanol–water partition coefficient (Wildman–Crippen LogP) is 4.28. The quantitative estimate of drug-likeness (QED) is 0.854. The predicted molar refractivity (Wildman–Crippen MR) is 83.3 cm³/mol. The lowest BCUT2D eigenvalue weighted by Gasteiger charge is -2.42. The highest BCUT2D eigenvalue weighted by atomic mass is 14.9. The normalized spacial score (nSPS) is 28.3. The minimum absolute atomic E-state index is 0.452. The molecule has 1 heteroatoms. The molecule has 0 amide bonds. The zero-order valence-corrected chi connectivity index (χ0v) is 12.9. The summed E-state index contributed by atoms with van der Waals surface area (Å²) in [6.07, 6.45) is 5.29. The van der Waals surface area contributed by atoms with E-state index >= 15 is 0 Å². The smallest absolute Gasteiger partial charge is 0.00957 e. The van der Waals surface area contributed by atoms with Crippen LogP contribution in [0.2, 0.25) is 0 Å². The molecule has 106 valence electrons. The Morgan fingerprint density at radius 2 is 1.79 bits per heavy atom. The average Bonchev–Trinajstić information content (AvgIpc) is 2.39. The number of hydrogen-bond acceptors (Lipinski definition) is 1. The van der Waals surface area contributed by atoms with Crippen LogP contribution in [-0.2, 0) is 6.42 Å². The summed E-state index contributed by atoms with van der Waals surface area (Å²) in [5, 5.41) is 3.55. The van der Waals surface area contributed by atoms with E-state index in [-0.39, 0.29) is 0 Å². The van der Waals surface area contributed by atoms with E-state index in [0.29, 0.717) is 11.5 Å². The molecule has 0 bridgehead atoms. The fourth-order valence-electron chi connectivity index (χ4n) is 3.57. The summed E-state index contributed by atoms with van der Waals surface area (Å²) in [7, 11) is 2.13. The summed E-state index contributed by atoms with van der Waals surface area (Å²) in [5.41, 5.74) is 1.94. The van der Waals surface area contributed by atoms with Crippen LogP contribution in [0, 0.1) is 17.3 Å². The minimum Gasteiger partial charge on any atom is -0.317 e. The molecule has 3 unspecified atom stereocenters. The van der Waals surface area contributed by atoms with Crippen LogP contribution in [0.1, 0.15) is 45.6 Å². The van der Waals surface area contributed by atoms with Gasteiger partial charge in [-0.05, 0) is 55.5 Å². The molecule has 1 saturated carbocycles. The summed E-state index contributed by atoms with van der Waals surface area (Å²) in [6.45, 7) is 7.20. The fourth-order valence-corrected chi connectivity index (χ4v) is 3.57. The molecular weight excluding hydrogens is 230 g/mol. The van der Waals surface area contributed by atoms with Gasteiger partial charge in [-0.15, -0.1) is 0 Å². The van der Waals surface area contributed by atoms with E-state index in [1.165, 1.54) is 31.2 Å². The van der Waals surface area contributed by atoms with Crippen LogP contribution in [0.15, 0.2) is 30.3 Å². The van der Waals surface area contributed by atoms with Gasteiger partial charge in [0.25, 0.3) is 0 Å². The van der Waals surface area contributed by atoms with Crippen LogP contribution >= 0.6 is 0 Å². The van der Waals surface area contributed by atoms with Crippen molar-refractivity contribution in [2.45, 2.75) is 52.5 Å². The molecule has 19 heavy (non-hydrogen) atoms. The number of benzene rings is 1. The van der Waals surface area contributed by atoms with Gasteiger partial charge in [0.2, 0.25) is 0 Å². The van der Waals surface area contributed by atoms with E-state index in [9.17, 15) is 0 Å². The molecule has 0 aliphatic heterocycles. The Morgan fingerprint density at radius 1 is 1.11 bits per heavy atom. The molecule has 2 rings (SSSR count). The molecule has 3 atom stereocenters. The second kappa shape index (κ2) is 6.09. The zero-order chi connectivity index (χ0) is 13.9. The fraction of sp³-hybridized carbons (Fsp3) is 0.667. The Morgan fingerprint density at radius 3 is 2.37 bits per heavy atom. The van der Waals surface area contributed by atoms with Crippen LogP contribution in [-0.4, -0.2) is 13.1 Å². The third-order valence-corrected chi connectivity index (χ3v) is 4.92. The standard InChI is InChI=1S/C18H29N/c1-18(2,3)16-10-11-17(19-4)15(13-16)12-14-8-6-5-7-9-14/h5-9,15-17,19H,10-13H2,1-4H3. The summed E-state index contributed by atoms with van der Waals surface area (Å²) in [6, 6.07) is 11.7. The summed E-state index contributed by atoms with van der Waals surface area (Å²) in [5.74, 6) is 1.65. The first-order valence-corrected chi connectivity index (χ1v) is 7.72. The van der Waals surface area contributed by atoms with Gasteiger partial charge in [0.15, 0.2) is 0 Å². The molecule has 0 heterocycles. The van der Waals surface area contributed by atoms with Crippen molar-refractivity contribution in [3.63, 3.8) is 0 Å². The summed E-state index contributed by atoms with van der Waals surface area (Å²) in [4.78, 5) is 0. The molecular formula is C18H29N. The molecule has 0 spiro atoms. The molecule has 1 aromatic carbocycles. The van der Waals surface area contributed by atoms with Crippen molar-refractivity contribution < 1.29 is 0 Å². The van der Waals surface area contributed by atoms with Crippen LogP contribution in [0.3, 0.4) is 0 Å². The lowest BCUT2D eigenvalue weighted by molar-refractivity contribution is 0.117. The number of nitrogens with one attached hydrogen (secondary N) is 1. The highest BCUT2D eigenvalue weighted by Crippen LogP contribution is 2.41. The summed E-state index contributed by atoms with van der Waals surface area (Å²) < 4.78 is 0. The Labute approximate surface area is 118 Å².